The first-order chi connectivity index (χ1) is 8.69. The van der Waals surface area contributed by atoms with E-state index in [2.05, 4.69) is 46.2 Å². The highest BCUT2D eigenvalue weighted by Gasteiger charge is 2.13. The third-order valence-corrected chi connectivity index (χ3v) is 3.17. The molecule has 0 bridgehead atoms. The lowest BCUT2D eigenvalue weighted by Crippen LogP contribution is -2.30. The number of hydrogen-bond donors (Lipinski definition) is 1. The van der Waals surface area contributed by atoms with Crippen molar-refractivity contribution in [2.45, 2.75) is 33.7 Å². The first-order valence-corrected chi connectivity index (χ1v) is 6.65. The molecule has 0 aliphatic carbocycles. The summed E-state index contributed by atoms with van der Waals surface area (Å²) in [4.78, 5) is 11.4. The van der Waals surface area contributed by atoms with Gasteiger partial charge in [-0.25, -0.2) is 9.97 Å². The van der Waals surface area contributed by atoms with E-state index in [1.54, 1.807) is 0 Å². The summed E-state index contributed by atoms with van der Waals surface area (Å²) in [5.41, 5.74) is 3.58. The van der Waals surface area contributed by atoms with Crippen LogP contribution in [-0.2, 0) is 6.54 Å². The van der Waals surface area contributed by atoms with Crippen LogP contribution in [-0.4, -0.2) is 29.6 Å². The molecular formula is C14H22N4. The van der Waals surface area contributed by atoms with E-state index in [1.165, 1.54) is 5.57 Å². The number of nitrogens with one attached hydrogen (secondary N) is 1. The Balaban J connectivity index is 2.14. The molecule has 0 aromatic carbocycles. The molecule has 0 unspecified atom stereocenters. The molecule has 0 spiro atoms. The average Bonchev–Trinajstić information content (AvgIpc) is 2.36. The predicted octanol–water partition coefficient (Wildman–Crippen LogP) is 2.05. The summed E-state index contributed by atoms with van der Waals surface area (Å²) in [6.45, 7) is 10.0. The highest BCUT2D eigenvalue weighted by atomic mass is 15.3. The summed E-state index contributed by atoms with van der Waals surface area (Å²) in [7, 11) is 0. The molecule has 2 heterocycles. The highest BCUT2D eigenvalue weighted by Crippen LogP contribution is 2.16. The molecule has 1 N–H and O–H groups in total. The lowest BCUT2D eigenvalue weighted by molar-refractivity contribution is 0.696. The zero-order valence-electron chi connectivity index (χ0n) is 11.5. The number of hydrogen-bond acceptors (Lipinski definition) is 4. The second kappa shape index (κ2) is 5.96. The fourth-order valence-electron chi connectivity index (χ4n) is 2.05. The van der Waals surface area contributed by atoms with Crippen LogP contribution in [0.25, 0.3) is 0 Å². The van der Waals surface area contributed by atoms with E-state index in [0.717, 1.165) is 49.9 Å². The van der Waals surface area contributed by atoms with Crippen molar-refractivity contribution < 1.29 is 0 Å². The first-order valence-electron chi connectivity index (χ1n) is 6.65. The van der Waals surface area contributed by atoms with E-state index in [0.29, 0.717) is 0 Å². The van der Waals surface area contributed by atoms with E-state index in [9.17, 15) is 0 Å². The largest absolute Gasteiger partial charge is 0.337 e. The fourth-order valence-corrected chi connectivity index (χ4v) is 2.05. The van der Waals surface area contributed by atoms with Gasteiger partial charge in [-0.2, -0.15) is 0 Å². The Morgan fingerprint density at radius 1 is 1.33 bits per heavy atom. The second-order valence-electron chi connectivity index (χ2n) is 4.83. The number of anilines is 1. The minimum Gasteiger partial charge on any atom is -0.337 e. The molecule has 0 fully saturated rings. The van der Waals surface area contributed by atoms with Gasteiger partial charge in [0, 0.05) is 25.3 Å². The standard InChI is InChI=1S/C14H22N4/c1-4-15-10-13-9-12(3)16-14(17-13)18-7-5-11(2)6-8-18/h5,9,15H,4,6-8,10H2,1-3H3. The zero-order chi connectivity index (χ0) is 13.0. The molecule has 98 valence electrons. The van der Waals surface area contributed by atoms with Crippen molar-refractivity contribution in [1.29, 1.82) is 0 Å². The van der Waals surface area contributed by atoms with Gasteiger partial charge < -0.3 is 10.2 Å². The van der Waals surface area contributed by atoms with Gasteiger partial charge in [-0.15, -0.1) is 0 Å². The molecule has 0 saturated carbocycles. The third-order valence-electron chi connectivity index (χ3n) is 3.17. The van der Waals surface area contributed by atoms with Gasteiger partial charge in [0.1, 0.15) is 0 Å². The Kier molecular flexibility index (Phi) is 4.31. The molecular weight excluding hydrogens is 224 g/mol. The number of aromatic nitrogens is 2. The van der Waals surface area contributed by atoms with Gasteiger partial charge >= 0.3 is 0 Å². The maximum atomic E-state index is 4.64. The summed E-state index contributed by atoms with van der Waals surface area (Å²) < 4.78 is 0. The van der Waals surface area contributed by atoms with Crippen LogP contribution in [0.2, 0.25) is 0 Å². The van der Waals surface area contributed by atoms with Gasteiger partial charge in [-0.05, 0) is 32.9 Å². The van der Waals surface area contributed by atoms with Crippen LogP contribution in [0.5, 0.6) is 0 Å². The topological polar surface area (TPSA) is 41.1 Å². The van der Waals surface area contributed by atoms with Crippen LogP contribution in [0.3, 0.4) is 0 Å². The normalized spacial score (nSPS) is 15.7. The van der Waals surface area contributed by atoms with Crippen molar-refractivity contribution in [1.82, 2.24) is 15.3 Å². The van der Waals surface area contributed by atoms with Crippen LogP contribution in [0.15, 0.2) is 17.7 Å². The zero-order valence-corrected chi connectivity index (χ0v) is 11.5. The summed E-state index contributed by atoms with van der Waals surface area (Å²) in [6, 6.07) is 2.05. The van der Waals surface area contributed by atoms with E-state index >= 15 is 0 Å². The molecule has 1 aromatic rings. The average molecular weight is 246 g/mol. The van der Waals surface area contributed by atoms with Gasteiger partial charge in [-0.1, -0.05) is 18.6 Å². The monoisotopic (exact) mass is 246 g/mol. The van der Waals surface area contributed by atoms with Crippen molar-refractivity contribution in [3.8, 4) is 0 Å². The molecule has 2 rings (SSSR count). The Morgan fingerprint density at radius 3 is 2.83 bits per heavy atom. The smallest absolute Gasteiger partial charge is 0.226 e. The van der Waals surface area contributed by atoms with E-state index in [1.807, 2.05) is 6.92 Å². The van der Waals surface area contributed by atoms with Gasteiger partial charge in [0.05, 0.1) is 5.69 Å². The molecule has 0 saturated heterocycles. The molecule has 1 aliphatic rings. The fraction of sp³-hybridized carbons (Fsp3) is 0.571. The Hall–Kier alpha value is -1.42. The van der Waals surface area contributed by atoms with Crippen LogP contribution in [0.4, 0.5) is 5.95 Å². The summed E-state index contributed by atoms with van der Waals surface area (Å²) in [5, 5.41) is 3.31. The molecule has 4 heteroatoms. The van der Waals surface area contributed by atoms with E-state index in [4.69, 9.17) is 0 Å². The van der Waals surface area contributed by atoms with Crippen LogP contribution in [0.1, 0.15) is 31.7 Å². The third kappa shape index (κ3) is 3.29. The summed E-state index contributed by atoms with van der Waals surface area (Å²) >= 11 is 0. The SMILES string of the molecule is CCNCc1cc(C)nc(N2CC=C(C)CC2)n1. The van der Waals surface area contributed by atoms with Gasteiger partial charge in [-0.3, -0.25) is 0 Å². The van der Waals surface area contributed by atoms with E-state index < -0.39 is 0 Å². The molecule has 0 atom stereocenters. The van der Waals surface area contributed by atoms with Crippen LogP contribution in [0, 0.1) is 6.92 Å². The lowest BCUT2D eigenvalue weighted by Gasteiger charge is -2.26. The molecule has 0 radical (unpaired) electrons. The van der Waals surface area contributed by atoms with Crippen LogP contribution >= 0.6 is 0 Å². The molecule has 4 nitrogen and oxygen atoms in total. The van der Waals surface area contributed by atoms with Gasteiger partial charge in [0.15, 0.2) is 0 Å². The lowest BCUT2D eigenvalue weighted by atomic mass is 10.1. The minimum absolute atomic E-state index is 0.815. The Morgan fingerprint density at radius 2 is 2.17 bits per heavy atom. The molecule has 1 aliphatic heterocycles. The molecule has 18 heavy (non-hydrogen) atoms. The van der Waals surface area contributed by atoms with Crippen molar-refractivity contribution in [2.75, 3.05) is 24.5 Å². The summed E-state index contributed by atoms with van der Waals surface area (Å²) in [6.07, 6.45) is 3.37. The highest BCUT2D eigenvalue weighted by molar-refractivity contribution is 5.35. The van der Waals surface area contributed by atoms with Crippen molar-refractivity contribution in [3.05, 3.63) is 29.1 Å². The number of rotatable bonds is 4. The minimum atomic E-state index is 0.815. The van der Waals surface area contributed by atoms with E-state index in [-0.39, 0.29) is 0 Å². The maximum absolute atomic E-state index is 4.64. The van der Waals surface area contributed by atoms with Crippen molar-refractivity contribution >= 4 is 5.95 Å². The molecule has 0 amide bonds. The van der Waals surface area contributed by atoms with Crippen LogP contribution < -0.4 is 10.2 Å². The Labute approximate surface area is 109 Å². The quantitative estimate of drug-likeness (QED) is 0.826. The van der Waals surface area contributed by atoms with Crippen molar-refractivity contribution in [3.63, 3.8) is 0 Å². The first kappa shape index (κ1) is 13.0. The van der Waals surface area contributed by atoms with Gasteiger partial charge in [0.25, 0.3) is 0 Å². The summed E-state index contributed by atoms with van der Waals surface area (Å²) in [5.74, 6) is 0.867. The number of aryl methyl sites for hydroxylation is 1. The van der Waals surface area contributed by atoms with Gasteiger partial charge in [0.2, 0.25) is 5.95 Å². The maximum Gasteiger partial charge on any atom is 0.226 e. The predicted molar refractivity (Wildman–Crippen MR) is 74.7 cm³/mol. The molecule has 1 aromatic heterocycles. The number of nitrogens with zero attached hydrogens (tertiary/aromatic N) is 3. The van der Waals surface area contributed by atoms with Crippen molar-refractivity contribution in [2.24, 2.45) is 0 Å². The second-order valence-corrected chi connectivity index (χ2v) is 4.83. The Bertz CT molecular complexity index is 439.